The van der Waals surface area contributed by atoms with Crippen molar-refractivity contribution in [2.45, 2.75) is 26.8 Å². The van der Waals surface area contributed by atoms with Crippen LogP contribution in [0.1, 0.15) is 34.3 Å². The van der Waals surface area contributed by atoms with Gasteiger partial charge in [-0.25, -0.2) is 4.98 Å². The number of ketones is 1. The number of carbonyl (C=O) groups excluding carboxylic acids is 2. The topological polar surface area (TPSA) is 72.6 Å². The van der Waals surface area contributed by atoms with Crippen LogP contribution in [0.25, 0.3) is 11.5 Å². The van der Waals surface area contributed by atoms with Crippen molar-refractivity contribution in [1.82, 2.24) is 9.88 Å². The molecule has 0 fully saturated rings. The summed E-state index contributed by atoms with van der Waals surface area (Å²) in [6.07, 6.45) is 0.609. The molecule has 0 spiro atoms. The summed E-state index contributed by atoms with van der Waals surface area (Å²) < 4.78 is 11.8. The molecule has 35 heavy (non-hydrogen) atoms. The number of Topliss-reactive ketones (excluding diaryl/α,β-unsaturated/α-hetero) is 1. The van der Waals surface area contributed by atoms with Gasteiger partial charge in [-0.1, -0.05) is 60.7 Å². The molecule has 0 saturated heterocycles. The van der Waals surface area contributed by atoms with Gasteiger partial charge in [0.25, 0.3) is 5.91 Å². The fraction of sp³-hybridized carbons (Fsp3) is 0.207. The summed E-state index contributed by atoms with van der Waals surface area (Å²) in [5.74, 6) is 1.07. The molecule has 1 aromatic heterocycles. The SMILES string of the molecule is CCN(Cc1cccc(OCCc2nc(-c3ccccc3)oc2C)c1)C(=O)C(=O)c1ccccc1. The van der Waals surface area contributed by atoms with Crippen molar-refractivity contribution < 1.29 is 18.7 Å². The summed E-state index contributed by atoms with van der Waals surface area (Å²) in [6, 6.07) is 26.0. The Morgan fingerprint density at radius 3 is 2.37 bits per heavy atom. The maximum absolute atomic E-state index is 12.8. The predicted octanol–water partition coefficient (Wildman–Crippen LogP) is 5.50. The van der Waals surface area contributed by atoms with Gasteiger partial charge in [-0.05, 0) is 43.7 Å². The van der Waals surface area contributed by atoms with E-state index in [0.29, 0.717) is 43.3 Å². The zero-order chi connectivity index (χ0) is 24.6. The van der Waals surface area contributed by atoms with E-state index >= 15 is 0 Å². The Hall–Kier alpha value is -4.19. The number of rotatable bonds is 10. The second kappa shape index (κ2) is 11.3. The number of carbonyl (C=O) groups is 2. The van der Waals surface area contributed by atoms with Gasteiger partial charge in [-0.2, -0.15) is 0 Å². The van der Waals surface area contributed by atoms with Crippen molar-refractivity contribution in [2.24, 2.45) is 0 Å². The Morgan fingerprint density at radius 1 is 0.943 bits per heavy atom. The molecular formula is C29H28N2O4. The van der Waals surface area contributed by atoms with Crippen LogP contribution >= 0.6 is 0 Å². The highest BCUT2D eigenvalue weighted by Crippen LogP contribution is 2.22. The van der Waals surface area contributed by atoms with Gasteiger partial charge in [0, 0.05) is 30.6 Å². The molecule has 0 bridgehead atoms. The van der Waals surface area contributed by atoms with Crippen LogP contribution in [0.2, 0.25) is 0 Å². The molecule has 0 aliphatic heterocycles. The lowest BCUT2D eigenvalue weighted by atomic mass is 10.1. The first-order valence-corrected chi connectivity index (χ1v) is 11.7. The summed E-state index contributed by atoms with van der Waals surface area (Å²) in [6.45, 7) is 4.96. The van der Waals surface area contributed by atoms with Crippen molar-refractivity contribution in [2.75, 3.05) is 13.2 Å². The monoisotopic (exact) mass is 468 g/mol. The summed E-state index contributed by atoms with van der Waals surface area (Å²) in [5, 5.41) is 0. The van der Waals surface area contributed by atoms with Crippen LogP contribution in [0, 0.1) is 6.92 Å². The summed E-state index contributed by atoms with van der Waals surface area (Å²) >= 11 is 0. The van der Waals surface area contributed by atoms with Crippen LogP contribution in [0.3, 0.4) is 0 Å². The second-order valence-corrected chi connectivity index (χ2v) is 8.15. The summed E-state index contributed by atoms with van der Waals surface area (Å²) in [4.78, 5) is 31.5. The van der Waals surface area contributed by atoms with Gasteiger partial charge < -0.3 is 14.1 Å². The number of nitrogens with zero attached hydrogens (tertiary/aromatic N) is 2. The van der Waals surface area contributed by atoms with Gasteiger partial charge in [-0.3, -0.25) is 9.59 Å². The minimum atomic E-state index is -0.513. The number of amides is 1. The number of aryl methyl sites for hydroxylation is 1. The van der Waals surface area contributed by atoms with E-state index in [2.05, 4.69) is 4.98 Å². The van der Waals surface area contributed by atoms with E-state index < -0.39 is 11.7 Å². The minimum absolute atomic E-state index is 0.327. The van der Waals surface area contributed by atoms with Gasteiger partial charge in [0.1, 0.15) is 11.5 Å². The number of ether oxygens (including phenoxy) is 1. The normalized spacial score (nSPS) is 10.7. The summed E-state index contributed by atoms with van der Waals surface area (Å²) in [7, 11) is 0. The fourth-order valence-electron chi connectivity index (χ4n) is 3.77. The number of likely N-dealkylation sites (N-methyl/N-ethyl adjacent to an activating group) is 1. The maximum Gasteiger partial charge on any atom is 0.295 e. The molecule has 0 atom stereocenters. The molecular weight excluding hydrogens is 440 g/mol. The van der Waals surface area contributed by atoms with Gasteiger partial charge in [0.15, 0.2) is 0 Å². The van der Waals surface area contributed by atoms with Crippen LogP contribution in [-0.2, 0) is 17.8 Å². The van der Waals surface area contributed by atoms with Crippen molar-refractivity contribution in [1.29, 1.82) is 0 Å². The third-order valence-corrected chi connectivity index (χ3v) is 5.69. The third kappa shape index (κ3) is 6.03. The zero-order valence-electron chi connectivity index (χ0n) is 19.9. The number of hydrogen-bond donors (Lipinski definition) is 0. The summed E-state index contributed by atoms with van der Waals surface area (Å²) in [5.41, 5.74) is 3.09. The molecule has 6 nitrogen and oxygen atoms in total. The number of oxazole rings is 1. The van der Waals surface area contributed by atoms with Crippen LogP contribution in [0.4, 0.5) is 0 Å². The molecule has 0 N–H and O–H groups in total. The number of aromatic nitrogens is 1. The molecule has 4 rings (SSSR count). The smallest absolute Gasteiger partial charge is 0.295 e. The van der Waals surface area contributed by atoms with E-state index in [9.17, 15) is 9.59 Å². The lowest BCUT2D eigenvalue weighted by Crippen LogP contribution is -2.36. The Morgan fingerprint density at radius 2 is 1.66 bits per heavy atom. The standard InChI is InChI=1S/C29H28N2O4/c1-3-31(29(33)27(32)23-12-6-4-7-13-23)20-22-11-10-16-25(19-22)34-18-17-26-21(2)35-28(30-26)24-14-8-5-9-15-24/h4-16,19H,3,17-18,20H2,1-2H3. The van der Waals surface area contributed by atoms with Crippen LogP contribution in [0.5, 0.6) is 5.75 Å². The molecule has 0 saturated carbocycles. The molecule has 6 heteroatoms. The van der Waals surface area contributed by atoms with E-state index in [4.69, 9.17) is 9.15 Å². The Labute approximate surface area is 205 Å². The maximum atomic E-state index is 12.8. The minimum Gasteiger partial charge on any atom is -0.493 e. The van der Waals surface area contributed by atoms with E-state index in [0.717, 1.165) is 22.6 Å². The molecule has 1 amide bonds. The van der Waals surface area contributed by atoms with Crippen LogP contribution < -0.4 is 4.74 Å². The fourth-order valence-corrected chi connectivity index (χ4v) is 3.77. The van der Waals surface area contributed by atoms with E-state index in [1.165, 1.54) is 4.90 Å². The van der Waals surface area contributed by atoms with Crippen molar-refractivity contribution in [3.8, 4) is 17.2 Å². The van der Waals surface area contributed by atoms with Crippen molar-refractivity contribution >= 4 is 11.7 Å². The van der Waals surface area contributed by atoms with Gasteiger partial charge in [0.2, 0.25) is 11.7 Å². The third-order valence-electron chi connectivity index (χ3n) is 5.69. The Balaban J connectivity index is 1.35. The zero-order valence-corrected chi connectivity index (χ0v) is 19.9. The second-order valence-electron chi connectivity index (χ2n) is 8.15. The molecule has 0 unspecified atom stereocenters. The van der Waals surface area contributed by atoms with Gasteiger partial charge in [-0.15, -0.1) is 0 Å². The lowest BCUT2D eigenvalue weighted by Gasteiger charge is -2.20. The number of benzene rings is 3. The molecule has 1 heterocycles. The first-order valence-electron chi connectivity index (χ1n) is 11.7. The first kappa shape index (κ1) is 24.0. The molecule has 0 aliphatic carbocycles. The highest BCUT2D eigenvalue weighted by molar-refractivity contribution is 6.42. The highest BCUT2D eigenvalue weighted by atomic mass is 16.5. The van der Waals surface area contributed by atoms with Gasteiger partial charge in [0.05, 0.1) is 12.3 Å². The Bertz CT molecular complexity index is 1280. The predicted molar refractivity (Wildman–Crippen MR) is 134 cm³/mol. The van der Waals surface area contributed by atoms with E-state index in [1.807, 2.05) is 74.5 Å². The van der Waals surface area contributed by atoms with Gasteiger partial charge >= 0.3 is 0 Å². The van der Waals surface area contributed by atoms with Crippen LogP contribution in [-0.4, -0.2) is 34.7 Å². The molecule has 4 aromatic rings. The van der Waals surface area contributed by atoms with Crippen LogP contribution in [0.15, 0.2) is 89.3 Å². The molecule has 3 aromatic carbocycles. The highest BCUT2D eigenvalue weighted by Gasteiger charge is 2.22. The number of hydrogen-bond acceptors (Lipinski definition) is 5. The molecule has 0 radical (unpaired) electrons. The van der Waals surface area contributed by atoms with Crippen molar-refractivity contribution in [3.05, 3.63) is 108 Å². The molecule has 0 aliphatic rings. The largest absolute Gasteiger partial charge is 0.493 e. The van der Waals surface area contributed by atoms with Crippen molar-refractivity contribution in [3.63, 3.8) is 0 Å². The Kier molecular flexibility index (Phi) is 7.73. The quantitative estimate of drug-likeness (QED) is 0.227. The van der Waals surface area contributed by atoms with E-state index in [1.54, 1.807) is 24.3 Å². The average Bonchev–Trinajstić information content (AvgIpc) is 3.28. The lowest BCUT2D eigenvalue weighted by molar-refractivity contribution is -0.126. The molecule has 178 valence electrons. The van der Waals surface area contributed by atoms with E-state index in [-0.39, 0.29) is 0 Å². The first-order chi connectivity index (χ1) is 17.0. The average molecular weight is 469 g/mol.